The van der Waals surface area contributed by atoms with Crippen molar-refractivity contribution in [1.29, 1.82) is 0 Å². The molecule has 0 spiro atoms. The van der Waals surface area contributed by atoms with Crippen molar-refractivity contribution in [2.45, 2.75) is 13.5 Å². The molecule has 0 aliphatic rings. The van der Waals surface area contributed by atoms with Gasteiger partial charge >= 0.3 is 0 Å². The van der Waals surface area contributed by atoms with Crippen molar-refractivity contribution >= 4 is 17.0 Å². The van der Waals surface area contributed by atoms with Gasteiger partial charge in [-0.05, 0) is 30.7 Å². The van der Waals surface area contributed by atoms with Crippen LogP contribution in [0.4, 0.5) is 10.3 Å². The first-order chi connectivity index (χ1) is 9.13. The van der Waals surface area contributed by atoms with Crippen LogP contribution in [0.15, 0.2) is 42.5 Å². The summed E-state index contributed by atoms with van der Waals surface area (Å²) in [4.78, 5) is 4.25. The summed E-state index contributed by atoms with van der Waals surface area (Å²) in [5, 5.41) is 0. The van der Waals surface area contributed by atoms with Crippen LogP contribution >= 0.6 is 0 Å². The van der Waals surface area contributed by atoms with Crippen LogP contribution in [0.2, 0.25) is 0 Å². The maximum Gasteiger partial charge on any atom is 0.201 e. The third-order valence-corrected chi connectivity index (χ3v) is 3.16. The van der Waals surface area contributed by atoms with Crippen LogP contribution in [0.5, 0.6) is 0 Å². The van der Waals surface area contributed by atoms with Crippen LogP contribution in [-0.4, -0.2) is 9.55 Å². The molecule has 3 aromatic rings. The van der Waals surface area contributed by atoms with E-state index in [-0.39, 0.29) is 5.82 Å². The Hall–Kier alpha value is -2.36. The van der Waals surface area contributed by atoms with E-state index in [1.807, 2.05) is 29.7 Å². The smallest absolute Gasteiger partial charge is 0.201 e. The zero-order valence-electron chi connectivity index (χ0n) is 10.6. The van der Waals surface area contributed by atoms with E-state index in [2.05, 4.69) is 11.1 Å². The van der Waals surface area contributed by atoms with Gasteiger partial charge in [0.2, 0.25) is 5.95 Å². The molecule has 19 heavy (non-hydrogen) atoms. The molecule has 96 valence electrons. The quantitative estimate of drug-likeness (QED) is 0.764. The molecule has 0 amide bonds. The van der Waals surface area contributed by atoms with Gasteiger partial charge in [0.1, 0.15) is 5.82 Å². The zero-order chi connectivity index (χ0) is 13.4. The van der Waals surface area contributed by atoms with E-state index < -0.39 is 0 Å². The number of anilines is 1. The van der Waals surface area contributed by atoms with Crippen LogP contribution in [0, 0.1) is 12.7 Å². The number of nitrogens with zero attached hydrogens (tertiary/aromatic N) is 2. The summed E-state index contributed by atoms with van der Waals surface area (Å²) >= 11 is 0. The average molecular weight is 255 g/mol. The molecular weight excluding hydrogens is 241 g/mol. The number of nitrogen functional groups attached to an aromatic ring is 1. The SMILES string of the molecule is Cc1cccc(Cn2c(N)nc3ccc(F)cc32)c1. The summed E-state index contributed by atoms with van der Waals surface area (Å²) < 4.78 is 15.2. The van der Waals surface area contributed by atoms with E-state index >= 15 is 0 Å². The Bertz CT molecular complexity index is 746. The summed E-state index contributed by atoms with van der Waals surface area (Å²) in [5.41, 5.74) is 9.66. The van der Waals surface area contributed by atoms with Gasteiger partial charge < -0.3 is 10.3 Å². The number of halogens is 1. The largest absolute Gasteiger partial charge is 0.369 e. The molecule has 2 aromatic carbocycles. The Morgan fingerprint density at radius 2 is 2.05 bits per heavy atom. The number of benzene rings is 2. The number of rotatable bonds is 2. The van der Waals surface area contributed by atoms with Gasteiger partial charge in [0.15, 0.2) is 0 Å². The Morgan fingerprint density at radius 1 is 1.21 bits per heavy atom. The van der Waals surface area contributed by atoms with Gasteiger partial charge in [0, 0.05) is 0 Å². The lowest BCUT2D eigenvalue weighted by atomic mass is 10.1. The molecular formula is C15H14FN3. The molecule has 1 heterocycles. The minimum Gasteiger partial charge on any atom is -0.369 e. The monoisotopic (exact) mass is 255 g/mol. The first-order valence-electron chi connectivity index (χ1n) is 6.10. The van der Waals surface area contributed by atoms with Crippen molar-refractivity contribution in [2.75, 3.05) is 5.73 Å². The normalized spacial score (nSPS) is 11.1. The van der Waals surface area contributed by atoms with Crippen molar-refractivity contribution in [2.24, 2.45) is 0 Å². The standard InChI is InChI=1S/C15H14FN3/c1-10-3-2-4-11(7-10)9-19-14-8-12(16)5-6-13(14)18-15(19)17/h2-8H,9H2,1H3,(H2,17,18). The van der Waals surface area contributed by atoms with Gasteiger partial charge in [-0.25, -0.2) is 9.37 Å². The third kappa shape index (κ3) is 2.17. The van der Waals surface area contributed by atoms with Gasteiger partial charge in [-0.1, -0.05) is 29.8 Å². The van der Waals surface area contributed by atoms with Gasteiger partial charge in [-0.15, -0.1) is 0 Å². The van der Waals surface area contributed by atoms with Crippen LogP contribution in [0.3, 0.4) is 0 Å². The van der Waals surface area contributed by atoms with Crippen molar-refractivity contribution < 1.29 is 4.39 Å². The molecule has 0 atom stereocenters. The lowest BCUT2D eigenvalue weighted by Crippen LogP contribution is -2.04. The number of aryl methyl sites for hydroxylation is 1. The molecule has 4 heteroatoms. The highest BCUT2D eigenvalue weighted by Gasteiger charge is 2.09. The van der Waals surface area contributed by atoms with Crippen LogP contribution in [0.25, 0.3) is 11.0 Å². The number of fused-ring (bicyclic) bond motifs is 1. The predicted octanol–water partition coefficient (Wildman–Crippen LogP) is 3.11. The van der Waals surface area contributed by atoms with Crippen LogP contribution < -0.4 is 5.73 Å². The number of hydrogen-bond acceptors (Lipinski definition) is 2. The Labute approximate surface area is 110 Å². The maximum absolute atomic E-state index is 13.3. The number of imidazole rings is 1. The summed E-state index contributed by atoms with van der Waals surface area (Å²) in [5.74, 6) is 0.125. The molecule has 0 unspecified atom stereocenters. The second-order valence-electron chi connectivity index (χ2n) is 4.68. The molecule has 0 saturated carbocycles. The van der Waals surface area contributed by atoms with Crippen LogP contribution in [0.1, 0.15) is 11.1 Å². The van der Waals surface area contributed by atoms with Crippen molar-refractivity contribution in [3.8, 4) is 0 Å². The fourth-order valence-electron chi connectivity index (χ4n) is 2.27. The average Bonchev–Trinajstić information content (AvgIpc) is 2.66. The Morgan fingerprint density at radius 3 is 2.84 bits per heavy atom. The fraction of sp³-hybridized carbons (Fsp3) is 0.133. The molecule has 0 saturated heterocycles. The summed E-state index contributed by atoms with van der Waals surface area (Å²) in [6.07, 6.45) is 0. The molecule has 0 fully saturated rings. The summed E-state index contributed by atoms with van der Waals surface area (Å²) in [7, 11) is 0. The van der Waals surface area contributed by atoms with E-state index in [0.29, 0.717) is 18.0 Å². The van der Waals surface area contributed by atoms with Gasteiger partial charge in [-0.2, -0.15) is 0 Å². The first kappa shape index (κ1) is 11.7. The predicted molar refractivity (Wildman–Crippen MR) is 74.4 cm³/mol. The Kier molecular flexibility index (Phi) is 2.71. The first-order valence-corrected chi connectivity index (χ1v) is 6.10. The van der Waals surface area contributed by atoms with E-state index in [4.69, 9.17) is 5.73 Å². The van der Waals surface area contributed by atoms with Crippen molar-refractivity contribution in [3.63, 3.8) is 0 Å². The fourth-order valence-corrected chi connectivity index (χ4v) is 2.27. The number of nitrogens with two attached hydrogens (primary N) is 1. The molecule has 0 bridgehead atoms. The second-order valence-corrected chi connectivity index (χ2v) is 4.68. The molecule has 0 radical (unpaired) electrons. The van der Waals surface area contributed by atoms with E-state index in [1.54, 1.807) is 6.07 Å². The summed E-state index contributed by atoms with van der Waals surface area (Å²) in [6.45, 7) is 2.63. The van der Waals surface area contributed by atoms with Crippen molar-refractivity contribution in [1.82, 2.24) is 9.55 Å². The van der Waals surface area contributed by atoms with Gasteiger partial charge in [0.05, 0.1) is 17.6 Å². The zero-order valence-corrected chi connectivity index (χ0v) is 10.6. The minimum absolute atomic E-state index is 0.280. The highest BCUT2D eigenvalue weighted by Crippen LogP contribution is 2.20. The number of hydrogen-bond donors (Lipinski definition) is 1. The second kappa shape index (κ2) is 4.39. The highest BCUT2D eigenvalue weighted by atomic mass is 19.1. The minimum atomic E-state index is -0.280. The Balaban J connectivity index is 2.09. The van der Waals surface area contributed by atoms with E-state index in [9.17, 15) is 4.39 Å². The molecule has 0 aliphatic heterocycles. The van der Waals surface area contributed by atoms with Gasteiger partial charge in [0.25, 0.3) is 0 Å². The molecule has 1 aromatic heterocycles. The topological polar surface area (TPSA) is 43.8 Å². The maximum atomic E-state index is 13.3. The highest BCUT2D eigenvalue weighted by molar-refractivity contribution is 5.78. The molecule has 3 nitrogen and oxygen atoms in total. The van der Waals surface area contributed by atoms with E-state index in [1.165, 1.54) is 17.7 Å². The number of aromatic nitrogens is 2. The lowest BCUT2D eigenvalue weighted by molar-refractivity contribution is 0.628. The van der Waals surface area contributed by atoms with Crippen molar-refractivity contribution in [3.05, 3.63) is 59.4 Å². The van der Waals surface area contributed by atoms with Crippen LogP contribution in [-0.2, 0) is 6.54 Å². The molecule has 3 rings (SSSR count). The molecule has 0 aliphatic carbocycles. The third-order valence-electron chi connectivity index (χ3n) is 3.16. The van der Waals surface area contributed by atoms with E-state index in [0.717, 1.165) is 11.1 Å². The summed E-state index contributed by atoms with van der Waals surface area (Å²) in [6, 6.07) is 12.7. The van der Waals surface area contributed by atoms with Gasteiger partial charge in [-0.3, -0.25) is 0 Å². The lowest BCUT2D eigenvalue weighted by Gasteiger charge is -2.07. The molecule has 2 N–H and O–H groups in total.